The molecule has 15 heavy (non-hydrogen) atoms. The van der Waals surface area contributed by atoms with Gasteiger partial charge in [-0.3, -0.25) is 4.79 Å². The summed E-state index contributed by atoms with van der Waals surface area (Å²) < 4.78 is 1.96. The zero-order valence-electron chi connectivity index (χ0n) is 8.82. The number of phenols is 1. The van der Waals surface area contributed by atoms with Gasteiger partial charge in [0.25, 0.3) is 0 Å². The molecule has 0 aliphatic rings. The topological polar surface area (TPSA) is 42.2 Å². The Balaban J connectivity index is 2.81. The van der Waals surface area contributed by atoms with Crippen molar-refractivity contribution in [1.82, 2.24) is 4.57 Å². The van der Waals surface area contributed by atoms with Crippen LogP contribution in [0.25, 0.3) is 10.9 Å². The predicted octanol–water partition coefficient (Wildman–Crippen LogP) is 2.57. The molecule has 0 fully saturated rings. The monoisotopic (exact) mass is 203 g/mol. The average molecular weight is 203 g/mol. The highest BCUT2D eigenvalue weighted by Gasteiger charge is 2.11. The first-order valence-corrected chi connectivity index (χ1v) is 4.96. The normalized spacial score (nSPS) is 10.8. The number of fused-ring (bicyclic) bond motifs is 1. The fourth-order valence-corrected chi connectivity index (χ4v) is 1.82. The maximum atomic E-state index is 11.4. The minimum atomic E-state index is 0.0536. The summed E-state index contributed by atoms with van der Waals surface area (Å²) >= 11 is 0. The van der Waals surface area contributed by atoms with Gasteiger partial charge in [-0.05, 0) is 26.0 Å². The molecule has 0 aliphatic carbocycles. The Morgan fingerprint density at radius 2 is 2.20 bits per heavy atom. The van der Waals surface area contributed by atoms with E-state index < -0.39 is 0 Å². The fourth-order valence-electron chi connectivity index (χ4n) is 1.82. The molecule has 0 bridgehead atoms. The Hall–Kier alpha value is -1.77. The van der Waals surface area contributed by atoms with Crippen molar-refractivity contribution in [3.8, 4) is 5.75 Å². The van der Waals surface area contributed by atoms with Crippen molar-refractivity contribution in [3.63, 3.8) is 0 Å². The van der Waals surface area contributed by atoms with Crippen LogP contribution in [0, 0.1) is 0 Å². The Kier molecular flexibility index (Phi) is 2.23. The van der Waals surface area contributed by atoms with Crippen LogP contribution in [0.5, 0.6) is 5.75 Å². The second-order valence-electron chi connectivity index (χ2n) is 3.59. The van der Waals surface area contributed by atoms with Crippen molar-refractivity contribution in [2.45, 2.75) is 20.4 Å². The Morgan fingerprint density at radius 1 is 1.47 bits per heavy atom. The highest BCUT2D eigenvalue weighted by molar-refractivity contribution is 6.07. The van der Waals surface area contributed by atoms with E-state index in [9.17, 15) is 9.90 Å². The molecule has 1 aromatic carbocycles. The lowest BCUT2D eigenvalue weighted by Crippen LogP contribution is -1.91. The molecule has 0 aliphatic heterocycles. The Morgan fingerprint density at radius 3 is 2.80 bits per heavy atom. The molecular formula is C12H13NO2. The van der Waals surface area contributed by atoms with Gasteiger partial charge in [0, 0.05) is 29.8 Å². The molecule has 1 heterocycles. The second-order valence-corrected chi connectivity index (χ2v) is 3.59. The van der Waals surface area contributed by atoms with Crippen molar-refractivity contribution >= 4 is 16.7 Å². The summed E-state index contributed by atoms with van der Waals surface area (Å²) in [6, 6.07) is 5.08. The molecule has 0 atom stereocenters. The van der Waals surface area contributed by atoms with Gasteiger partial charge in [-0.25, -0.2) is 0 Å². The van der Waals surface area contributed by atoms with E-state index >= 15 is 0 Å². The number of hydrogen-bond acceptors (Lipinski definition) is 2. The second kappa shape index (κ2) is 3.42. The van der Waals surface area contributed by atoms with Gasteiger partial charge in [0.15, 0.2) is 5.78 Å². The number of aryl methyl sites for hydroxylation is 1. The molecule has 1 aromatic heterocycles. The summed E-state index contributed by atoms with van der Waals surface area (Å²) in [4.78, 5) is 11.4. The van der Waals surface area contributed by atoms with Crippen LogP contribution in [0.2, 0.25) is 0 Å². The first-order chi connectivity index (χ1) is 7.13. The van der Waals surface area contributed by atoms with E-state index in [0.29, 0.717) is 5.56 Å². The van der Waals surface area contributed by atoms with Crippen LogP contribution < -0.4 is 0 Å². The van der Waals surface area contributed by atoms with E-state index in [1.165, 1.54) is 0 Å². The highest BCUT2D eigenvalue weighted by atomic mass is 16.3. The molecule has 2 aromatic rings. The van der Waals surface area contributed by atoms with Crippen molar-refractivity contribution in [2.24, 2.45) is 0 Å². The van der Waals surface area contributed by atoms with Crippen LogP contribution in [0.1, 0.15) is 24.2 Å². The average Bonchev–Trinajstić information content (AvgIpc) is 2.55. The number of hydrogen-bond donors (Lipinski definition) is 1. The smallest absolute Gasteiger partial charge is 0.161 e. The molecular weight excluding hydrogens is 190 g/mol. The number of aromatic hydroxyl groups is 1. The van der Waals surface area contributed by atoms with E-state index in [4.69, 9.17) is 0 Å². The van der Waals surface area contributed by atoms with Gasteiger partial charge in [0.2, 0.25) is 0 Å². The van der Waals surface area contributed by atoms with E-state index in [2.05, 4.69) is 0 Å². The first-order valence-electron chi connectivity index (χ1n) is 4.96. The van der Waals surface area contributed by atoms with Crippen LogP contribution >= 0.6 is 0 Å². The van der Waals surface area contributed by atoms with E-state index in [0.717, 1.165) is 17.4 Å². The summed E-state index contributed by atoms with van der Waals surface area (Å²) in [6.07, 6.45) is 1.84. The zero-order chi connectivity index (χ0) is 11.0. The Labute approximate surface area is 87.9 Å². The molecule has 0 amide bonds. The zero-order valence-corrected chi connectivity index (χ0v) is 8.82. The van der Waals surface area contributed by atoms with Crippen LogP contribution in [-0.2, 0) is 6.54 Å². The molecule has 0 radical (unpaired) electrons. The minimum absolute atomic E-state index is 0.0536. The fraction of sp³-hybridized carbons (Fsp3) is 0.250. The summed E-state index contributed by atoms with van der Waals surface area (Å²) in [5, 5.41) is 10.3. The predicted molar refractivity (Wildman–Crippen MR) is 59.3 cm³/mol. The van der Waals surface area contributed by atoms with Crippen LogP contribution in [0.15, 0.2) is 24.4 Å². The summed E-state index contributed by atoms with van der Waals surface area (Å²) in [7, 11) is 0. The highest BCUT2D eigenvalue weighted by Crippen LogP contribution is 2.25. The first kappa shape index (κ1) is 9.77. The lowest BCUT2D eigenvalue weighted by atomic mass is 10.1. The van der Waals surface area contributed by atoms with Gasteiger partial charge in [0.05, 0.1) is 5.52 Å². The van der Waals surface area contributed by atoms with Gasteiger partial charge in [-0.2, -0.15) is 0 Å². The number of rotatable bonds is 2. The molecule has 0 spiro atoms. The molecule has 3 nitrogen and oxygen atoms in total. The quantitative estimate of drug-likeness (QED) is 0.762. The maximum Gasteiger partial charge on any atom is 0.161 e. The van der Waals surface area contributed by atoms with Crippen LogP contribution in [0.3, 0.4) is 0 Å². The van der Waals surface area contributed by atoms with Gasteiger partial charge >= 0.3 is 0 Å². The SMILES string of the molecule is CCn1cc(C(C)=O)c2ccc(O)cc21. The van der Waals surface area contributed by atoms with Crippen molar-refractivity contribution in [1.29, 1.82) is 0 Å². The molecule has 1 N–H and O–H groups in total. The summed E-state index contributed by atoms with van der Waals surface area (Å²) in [5.41, 5.74) is 1.62. The summed E-state index contributed by atoms with van der Waals surface area (Å²) in [6.45, 7) is 4.35. The third kappa shape index (κ3) is 1.50. The molecule has 78 valence electrons. The number of benzene rings is 1. The van der Waals surface area contributed by atoms with Crippen LogP contribution in [-0.4, -0.2) is 15.5 Å². The van der Waals surface area contributed by atoms with Crippen molar-refractivity contribution in [2.75, 3.05) is 0 Å². The van der Waals surface area contributed by atoms with Crippen molar-refractivity contribution < 1.29 is 9.90 Å². The minimum Gasteiger partial charge on any atom is -0.508 e. The number of ketones is 1. The number of carbonyl (C=O) groups excluding carboxylic acids is 1. The number of aromatic nitrogens is 1. The Bertz CT molecular complexity index is 526. The van der Waals surface area contributed by atoms with Gasteiger partial charge < -0.3 is 9.67 Å². The molecule has 3 heteroatoms. The van der Waals surface area contributed by atoms with Gasteiger partial charge in [-0.1, -0.05) is 0 Å². The molecule has 0 saturated heterocycles. The summed E-state index contributed by atoms with van der Waals surface area (Å²) in [5.74, 6) is 0.281. The number of Topliss-reactive ketones (excluding diaryl/α,β-unsaturated/α-hetero) is 1. The standard InChI is InChI=1S/C12H13NO2/c1-3-13-7-11(8(2)14)10-5-4-9(15)6-12(10)13/h4-7,15H,3H2,1-2H3. The molecule has 0 saturated carbocycles. The lowest BCUT2D eigenvalue weighted by molar-refractivity contribution is 0.101. The number of carbonyl (C=O) groups is 1. The van der Waals surface area contributed by atoms with Crippen LogP contribution in [0.4, 0.5) is 0 Å². The van der Waals surface area contributed by atoms with Gasteiger partial charge in [-0.15, -0.1) is 0 Å². The third-order valence-electron chi connectivity index (χ3n) is 2.59. The van der Waals surface area contributed by atoms with E-state index in [1.54, 1.807) is 25.1 Å². The number of nitrogens with zero attached hydrogens (tertiary/aromatic N) is 1. The van der Waals surface area contributed by atoms with E-state index in [1.807, 2.05) is 17.7 Å². The van der Waals surface area contributed by atoms with Crippen molar-refractivity contribution in [3.05, 3.63) is 30.0 Å². The maximum absolute atomic E-state index is 11.4. The number of phenolic OH excluding ortho intramolecular Hbond substituents is 1. The van der Waals surface area contributed by atoms with E-state index in [-0.39, 0.29) is 11.5 Å². The lowest BCUT2D eigenvalue weighted by Gasteiger charge is -1.99. The third-order valence-corrected chi connectivity index (χ3v) is 2.59. The largest absolute Gasteiger partial charge is 0.508 e. The molecule has 2 rings (SSSR count). The molecule has 0 unspecified atom stereocenters. The van der Waals surface area contributed by atoms with Gasteiger partial charge in [0.1, 0.15) is 5.75 Å².